The van der Waals surface area contributed by atoms with Gasteiger partial charge in [-0.25, -0.2) is 0 Å². The van der Waals surface area contributed by atoms with Crippen LogP contribution < -0.4 is 10.1 Å². The molecule has 0 aromatic heterocycles. The molecule has 0 heterocycles. The van der Waals surface area contributed by atoms with E-state index in [0.717, 1.165) is 5.56 Å². The number of hydrogen-bond acceptors (Lipinski definition) is 2. The largest absolute Gasteiger partial charge is 0.497 e. The van der Waals surface area contributed by atoms with E-state index in [-0.39, 0.29) is 11.9 Å². The molecule has 2 rings (SSSR count). The zero-order valence-electron chi connectivity index (χ0n) is 11.4. The lowest BCUT2D eigenvalue weighted by Gasteiger charge is -2.16. The van der Waals surface area contributed by atoms with Crippen molar-refractivity contribution in [2.75, 3.05) is 7.11 Å². The molecule has 0 saturated heterocycles. The lowest BCUT2D eigenvalue weighted by molar-refractivity contribution is 0.0939. The zero-order chi connectivity index (χ0) is 14.5. The number of rotatable bonds is 4. The van der Waals surface area contributed by atoms with Gasteiger partial charge in [0.2, 0.25) is 0 Å². The molecule has 1 N–H and O–H groups in total. The van der Waals surface area contributed by atoms with Gasteiger partial charge in [-0.3, -0.25) is 4.79 Å². The van der Waals surface area contributed by atoms with Gasteiger partial charge >= 0.3 is 0 Å². The Bertz CT molecular complexity index is 613. The lowest BCUT2D eigenvalue weighted by Crippen LogP contribution is -2.26. The van der Waals surface area contributed by atoms with Crippen LogP contribution in [0.2, 0.25) is 5.02 Å². The van der Waals surface area contributed by atoms with Crippen LogP contribution in [0.1, 0.15) is 28.9 Å². The van der Waals surface area contributed by atoms with Gasteiger partial charge in [0.25, 0.3) is 5.91 Å². The molecular weight excluding hydrogens is 274 g/mol. The van der Waals surface area contributed by atoms with E-state index in [9.17, 15) is 4.79 Å². The SMILES string of the molecule is COc1cccc(C(=O)NC(C)c2ccccc2Cl)c1. The first-order valence-corrected chi connectivity index (χ1v) is 6.69. The fraction of sp³-hybridized carbons (Fsp3) is 0.188. The monoisotopic (exact) mass is 289 g/mol. The Kier molecular flexibility index (Phi) is 4.64. The van der Waals surface area contributed by atoms with E-state index < -0.39 is 0 Å². The van der Waals surface area contributed by atoms with E-state index in [1.807, 2.05) is 31.2 Å². The van der Waals surface area contributed by atoms with Crippen molar-refractivity contribution >= 4 is 17.5 Å². The maximum atomic E-state index is 12.2. The lowest BCUT2D eigenvalue weighted by atomic mass is 10.1. The van der Waals surface area contributed by atoms with Gasteiger partial charge in [-0.1, -0.05) is 35.9 Å². The summed E-state index contributed by atoms with van der Waals surface area (Å²) in [4.78, 5) is 12.2. The molecule has 0 fully saturated rings. The molecule has 104 valence electrons. The van der Waals surface area contributed by atoms with Crippen LogP contribution in [-0.2, 0) is 0 Å². The topological polar surface area (TPSA) is 38.3 Å². The molecule has 0 spiro atoms. The predicted molar refractivity (Wildman–Crippen MR) is 80.3 cm³/mol. The third-order valence-electron chi connectivity index (χ3n) is 3.05. The van der Waals surface area contributed by atoms with Gasteiger partial charge in [0.1, 0.15) is 5.75 Å². The highest BCUT2D eigenvalue weighted by atomic mass is 35.5. The number of benzene rings is 2. The Morgan fingerprint density at radius 1 is 1.20 bits per heavy atom. The van der Waals surface area contributed by atoms with Crippen molar-refractivity contribution in [2.24, 2.45) is 0 Å². The molecule has 0 aliphatic rings. The number of ether oxygens (including phenoxy) is 1. The van der Waals surface area contributed by atoms with Gasteiger partial charge in [-0.15, -0.1) is 0 Å². The summed E-state index contributed by atoms with van der Waals surface area (Å²) in [6.45, 7) is 1.90. The summed E-state index contributed by atoms with van der Waals surface area (Å²) in [7, 11) is 1.57. The minimum atomic E-state index is -0.164. The first kappa shape index (κ1) is 14.4. The van der Waals surface area contributed by atoms with Gasteiger partial charge in [0.05, 0.1) is 13.2 Å². The summed E-state index contributed by atoms with van der Waals surface area (Å²) in [6, 6.07) is 14.3. The smallest absolute Gasteiger partial charge is 0.251 e. The third-order valence-corrected chi connectivity index (χ3v) is 3.40. The predicted octanol–water partition coefficient (Wildman–Crippen LogP) is 3.84. The van der Waals surface area contributed by atoms with Gasteiger partial charge < -0.3 is 10.1 Å². The van der Waals surface area contributed by atoms with Crippen LogP contribution in [0.25, 0.3) is 0 Å². The first-order chi connectivity index (χ1) is 9.61. The molecule has 2 aromatic carbocycles. The molecule has 1 atom stereocenters. The molecule has 0 saturated carbocycles. The van der Waals surface area contributed by atoms with Gasteiger partial charge in [-0.2, -0.15) is 0 Å². The third kappa shape index (κ3) is 3.31. The minimum absolute atomic E-state index is 0.156. The quantitative estimate of drug-likeness (QED) is 0.929. The Hall–Kier alpha value is -2.00. The first-order valence-electron chi connectivity index (χ1n) is 6.31. The zero-order valence-corrected chi connectivity index (χ0v) is 12.1. The summed E-state index contributed by atoms with van der Waals surface area (Å²) >= 11 is 6.12. The van der Waals surface area contributed by atoms with Gasteiger partial charge in [0, 0.05) is 10.6 Å². The number of amides is 1. The number of methoxy groups -OCH3 is 1. The second kappa shape index (κ2) is 6.44. The number of hydrogen-bond donors (Lipinski definition) is 1. The van der Waals surface area contributed by atoms with E-state index in [2.05, 4.69) is 5.32 Å². The molecule has 0 radical (unpaired) electrons. The molecule has 0 bridgehead atoms. The average Bonchev–Trinajstić information content (AvgIpc) is 2.47. The van der Waals surface area contributed by atoms with Crippen LogP contribution >= 0.6 is 11.6 Å². The normalized spacial score (nSPS) is 11.8. The van der Waals surface area contributed by atoms with Crippen molar-refractivity contribution < 1.29 is 9.53 Å². The van der Waals surface area contributed by atoms with Crippen molar-refractivity contribution in [1.82, 2.24) is 5.32 Å². The second-order valence-electron chi connectivity index (χ2n) is 4.45. The van der Waals surface area contributed by atoms with Crippen molar-refractivity contribution in [3.63, 3.8) is 0 Å². The average molecular weight is 290 g/mol. The molecule has 2 aromatic rings. The summed E-state index contributed by atoms with van der Waals surface area (Å²) in [5, 5.41) is 3.57. The number of halogens is 1. The van der Waals surface area contributed by atoms with E-state index in [0.29, 0.717) is 16.3 Å². The Morgan fingerprint density at radius 2 is 1.95 bits per heavy atom. The van der Waals surface area contributed by atoms with Gasteiger partial charge in [0.15, 0.2) is 0 Å². The molecule has 0 aliphatic heterocycles. The molecule has 1 unspecified atom stereocenters. The Labute approximate surface area is 123 Å². The molecular formula is C16H16ClNO2. The maximum Gasteiger partial charge on any atom is 0.251 e. The van der Waals surface area contributed by atoms with Crippen LogP contribution in [0.15, 0.2) is 48.5 Å². The van der Waals surface area contributed by atoms with Crippen LogP contribution in [-0.4, -0.2) is 13.0 Å². The minimum Gasteiger partial charge on any atom is -0.497 e. The summed E-state index contributed by atoms with van der Waals surface area (Å²) in [5.41, 5.74) is 1.45. The number of carbonyl (C=O) groups is 1. The Morgan fingerprint density at radius 3 is 2.65 bits per heavy atom. The summed E-state index contributed by atoms with van der Waals surface area (Å²) in [5.74, 6) is 0.499. The Balaban J connectivity index is 2.13. The molecule has 0 aliphatic carbocycles. The van der Waals surface area contributed by atoms with E-state index in [4.69, 9.17) is 16.3 Å². The van der Waals surface area contributed by atoms with Crippen LogP contribution in [0.4, 0.5) is 0 Å². The van der Waals surface area contributed by atoms with Crippen molar-refractivity contribution in [3.8, 4) is 5.75 Å². The second-order valence-corrected chi connectivity index (χ2v) is 4.86. The highest BCUT2D eigenvalue weighted by molar-refractivity contribution is 6.31. The number of carbonyl (C=O) groups excluding carboxylic acids is 1. The van der Waals surface area contributed by atoms with Crippen molar-refractivity contribution in [2.45, 2.75) is 13.0 Å². The highest BCUT2D eigenvalue weighted by Crippen LogP contribution is 2.22. The molecule has 4 heteroatoms. The van der Waals surface area contributed by atoms with E-state index in [1.165, 1.54) is 0 Å². The maximum absolute atomic E-state index is 12.2. The fourth-order valence-electron chi connectivity index (χ4n) is 1.95. The number of nitrogens with one attached hydrogen (secondary N) is 1. The molecule has 1 amide bonds. The molecule has 20 heavy (non-hydrogen) atoms. The van der Waals surface area contributed by atoms with E-state index in [1.54, 1.807) is 31.4 Å². The summed E-state index contributed by atoms with van der Waals surface area (Å²) < 4.78 is 5.11. The van der Waals surface area contributed by atoms with Crippen LogP contribution in [0.3, 0.4) is 0 Å². The standard InChI is InChI=1S/C16H16ClNO2/c1-11(14-8-3-4-9-15(14)17)18-16(19)12-6-5-7-13(10-12)20-2/h3-11H,1-2H3,(H,18,19). The highest BCUT2D eigenvalue weighted by Gasteiger charge is 2.13. The molecule has 3 nitrogen and oxygen atoms in total. The van der Waals surface area contributed by atoms with Crippen LogP contribution in [0.5, 0.6) is 5.75 Å². The van der Waals surface area contributed by atoms with Gasteiger partial charge in [-0.05, 0) is 36.8 Å². The fourth-order valence-corrected chi connectivity index (χ4v) is 2.25. The van der Waals surface area contributed by atoms with Crippen LogP contribution in [0, 0.1) is 0 Å². The summed E-state index contributed by atoms with van der Waals surface area (Å²) in [6.07, 6.45) is 0. The van der Waals surface area contributed by atoms with Crippen molar-refractivity contribution in [3.05, 3.63) is 64.7 Å². The van der Waals surface area contributed by atoms with E-state index >= 15 is 0 Å². The van der Waals surface area contributed by atoms with Crippen molar-refractivity contribution in [1.29, 1.82) is 0 Å².